The molecule has 0 radical (unpaired) electrons. The first kappa shape index (κ1) is 17.6. The van der Waals surface area contributed by atoms with Crippen LogP contribution in [-0.2, 0) is 4.79 Å². The molecule has 1 aliphatic rings. The number of benzene rings is 1. The van der Waals surface area contributed by atoms with Crippen LogP contribution in [0, 0.1) is 6.92 Å². The summed E-state index contributed by atoms with van der Waals surface area (Å²) in [5.41, 5.74) is 3.78. The number of likely N-dealkylation sites (tertiary alicyclic amines) is 1. The van der Waals surface area contributed by atoms with Gasteiger partial charge in [-0.25, -0.2) is 0 Å². The van der Waals surface area contributed by atoms with Gasteiger partial charge in [0.2, 0.25) is 5.91 Å². The molecule has 1 saturated heterocycles. The van der Waals surface area contributed by atoms with Crippen molar-refractivity contribution < 1.29 is 13.9 Å². The van der Waals surface area contributed by atoms with E-state index in [0.29, 0.717) is 12.6 Å². The molecule has 1 fully saturated rings. The maximum absolute atomic E-state index is 12.7. The average Bonchev–Trinajstić information content (AvgIpc) is 2.95. The fourth-order valence-corrected chi connectivity index (χ4v) is 3.54. The van der Waals surface area contributed by atoms with Gasteiger partial charge in [0.1, 0.15) is 11.3 Å². The van der Waals surface area contributed by atoms with Crippen molar-refractivity contribution in [1.29, 1.82) is 0 Å². The van der Waals surface area contributed by atoms with Crippen molar-refractivity contribution in [3.05, 3.63) is 35.6 Å². The lowest BCUT2D eigenvalue weighted by Gasteiger charge is -2.32. The number of rotatable bonds is 4. The Morgan fingerprint density at radius 1 is 1.40 bits per heavy atom. The normalized spacial score (nSPS) is 18.6. The van der Waals surface area contributed by atoms with E-state index in [9.17, 15) is 4.79 Å². The molecule has 1 aromatic carbocycles. The number of nitrogens with zero attached hydrogens (tertiary/aromatic N) is 1. The number of carbonyl (C=O) groups is 1. The van der Waals surface area contributed by atoms with E-state index in [0.717, 1.165) is 52.8 Å². The summed E-state index contributed by atoms with van der Waals surface area (Å²) >= 11 is 0. The molecule has 3 rings (SSSR count). The zero-order valence-corrected chi connectivity index (χ0v) is 15.6. The van der Waals surface area contributed by atoms with Crippen molar-refractivity contribution in [3.8, 4) is 5.75 Å². The molecule has 25 heavy (non-hydrogen) atoms. The van der Waals surface area contributed by atoms with Crippen molar-refractivity contribution in [1.82, 2.24) is 4.90 Å². The van der Waals surface area contributed by atoms with E-state index in [-0.39, 0.29) is 5.91 Å². The molecule has 1 atom stereocenters. The average molecular weight is 341 g/mol. The molecule has 1 aromatic heterocycles. The summed E-state index contributed by atoms with van der Waals surface area (Å²) in [5.74, 6) is 0.855. The van der Waals surface area contributed by atoms with E-state index < -0.39 is 0 Å². The first-order valence-electron chi connectivity index (χ1n) is 9.15. The Morgan fingerprint density at radius 3 is 2.92 bits per heavy atom. The fourth-order valence-electron chi connectivity index (χ4n) is 3.54. The van der Waals surface area contributed by atoms with Crippen molar-refractivity contribution in [2.75, 3.05) is 13.2 Å². The molecule has 1 amide bonds. The van der Waals surface area contributed by atoms with Gasteiger partial charge in [-0.15, -0.1) is 0 Å². The van der Waals surface area contributed by atoms with Gasteiger partial charge < -0.3 is 14.1 Å². The van der Waals surface area contributed by atoms with Crippen molar-refractivity contribution >= 4 is 22.4 Å². The monoisotopic (exact) mass is 341 g/mol. The van der Waals surface area contributed by atoms with Crippen LogP contribution in [0.2, 0.25) is 0 Å². The van der Waals surface area contributed by atoms with E-state index in [1.54, 1.807) is 12.3 Å². The summed E-state index contributed by atoms with van der Waals surface area (Å²) in [6.45, 7) is 9.51. The van der Waals surface area contributed by atoms with Crippen LogP contribution in [0.25, 0.3) is 16.5 Å². The highest BCUT2D eigenvalue weighted by Crippen LogP contribution is 2.33. The van der Waals surface area contributed by atoms with E-state index in [1.807, 2.05) is 31.7 Å². The standard InChI is InChI=1S/C21H27NO3/c1-5-24-19-12-20-18(15(3)13-25-20)11-17(19)14(2)10-21(23)22-9-7-6-8-16(22)4/h10-13,16H,5-9H2,1-4H3/b14-10+. The Hall–Kier alpha value is -2.23. The molecule has 4 nitrogen and oxygen atoms in total. The van der Waals surface area contributed by atoms with Gasteiger partial charge in [-0.3, -0.25) is 4.79 Å². The number of hydrogen-bond donors (Lipinski definition) is 0. The number of amides is 1. The highest BCUT2D eigenvalue weighted by molar-refractivity contribution is 5.97. The maximum Gasteiger partial charge on any atom is 0.247 e. The Kier molecular flexibility index (Phi) is 5.16. The number of ether oxygens (including phenoxy) is 1. The van der Waals surface area contributed by atoms with Gasteiger partial charge in [0, 0.05) is 35.7 Å². The van der Waals surface area contributed by atoms with Crippen LogP contribution in [0.3, 0.4) is 0 Å². The highest BCUT2D eigenvalue weighted by atomic mass is 16.5. The molecular weight excluding hydrogens is 314 g/mol. The van der Waals surface area contributed by atoms with Gasteiger partial charge in [0.05, 0.1) is 12.9 Å². The molecule has 1 unspecified atom stereocenters. The Bertz CT molecular complexity index is 803. The minimum atomic E-state index is 0.0937. The van der Waals surface area contributed by atoms with Gasteiger partial charge in [-0.05, 0) is 64.2 Å². The van der Waals surface area contributed by atoms with Crippen molar-refractivity contribution in [2.24, 2.45) is 0 Å². The molecule has 0 aliphatic carbocycles. The molecule has 2 aromatic rings. The third-order valence-corrected chi connectivity index (χ3v) is 5.02. The quantitative estimate of drug-likeness (QED) is 0.739. The molecule has 0 saturated carbocycles. The van der Waals surface area contributed by atoms with E-state index in [1.165, 1.54) is 6.42 Å². The topological polar surface area (TPSA) is 42.7 Å². The molecule has 0 spiro atoms. The SMILES string of the molecule is CCOc1cc2occ(C)c2cc1/C(C)=C/C(=O)N1CCCCC1C. The number of furan rings is 1. The molecule has 4 heteroatoms. The van der Waals surface area contributed by atoms with Gasteiger partial charge in [-0.1, -0.05) is 0 Å². The first-order chi connectivity index (χ1) is 12.0. The molecule has 0 N–H and O–H groups in total. The summed E-state index contributed by atoms with van der Waals surface area (Å²) in [6, 6.07) is 4.31. The molecule has 134 valence electrons. The molecule has 2 heterocycles. The van der Waals surface area contributed by atoms with E-state index in [4.69, 9.17) is 9.15 Å². The molecule has 0 bridgehead atoms. The summed E-state index contributed by atoms with van der Waals surface area (Å²) in [5, 5.41) is 1.06. The van der Waals surface area contributed by atoms with Crippen LogP contribution in [0.15, 0.2) is 28.9 Å². The lowest BCUT2D eigenvalue weighted by Crippen LogP contribution is -2.41. The summed E-state index contributed by atoms with van der Waals surface area (Å²) in [7, 11) is 0. The van der Waals surface area contributed by atoms with Crippen LogP contribution < -0.4 is 4.74 Å². The summed E-state index contributed by atoms with van der Waals surface area (Å²) in [6.07, 6.45) is 6.89. The zero-order valence-electron chi connectivity index (χ0n) is 15.6. The number of allylic oxidation sites excluding steroid dienone is 1. The van der Waals surface area contributed by atoms with Crippen LogP contribution in [0.5, 0.6) is 5.75 Å². The predicted octanol–water partition coefficient (Wildman–Crippen LogP) is 4.94. The van der Waals surface area contributed by atoms with E-state index >= 15 is 0 Å². The van der Waals surface area contributed by atoms with Gasteiger partial charge in [-0.2, -0.15) is 0 Å². The Morgan fingerprint density at radius 2 is 2.20 bits per heavy atom. The second-order valence-corrected chi connectivity index (χ2v) is 6.90. The molecular formula is C21H27NO3. The van der Waals surface area contributed by atoms with Crippen molar-refractivity contribution in [2.45, 2.75) is 53.0 Å². The number of hydrogen-bond acceptors (Lipinski definition) is 3. The minimum Gasteiger partial charge on any atom is -0.493 e. The van der Waals surface area contributed by atoms with E-state index in [2.05, 4.69) is 13.0 Å². The number of aryl methyl sites for hydroxylation is 1. The maximum atomic E-state index is 12.7. The van der Waals surface area contributed by atoms with Crippen LogP contribution in [0.1, 0.15) is 51.2 Å². The third kappa shape index (κ3) is 3.58. The number of carbonyl (C=O) groups excluding carboxylic acids is 1. The zero-order chi connectivity index (χ0) is 18.0. The van der Waals surface area contributed by atoms with Crippen LogP contribution in [0.4, 0.5) is 0 Å². The van der Waals surface area contributed by atoms with Gasteiger partial charge in [0.25, 0.3) is 0 Å². The lowest BCUT2D eigenvalue weighted by molar-refractivity contribution is -0.129. The summed E-state index contributed by atoms with van der Waals surface area (Å²) in [4.78, 5) is 14.7. The van der Waals surface area contributed by atoms with Crippen LogP contribution >= 0.6 is 0 Å². The number of piperidine rings is 1. The lowest BCUT2D eigenvalue weighted by atomic mass is 10.0. The van der Waals surface area contributed by atoms with Gasteiger partial charge in [0.15, 0.2) is 0 Å². The Labute approximate surface area is 149 Å². The summed E-state index contributed by atoms with van der Waals surface area (Å²) < 4.78 is 11.4. The smallest absolute Gasteiger partial charge is 0.247 e. The third-order valence-electron chi connectivity index (χ3n) is 5.02. The largest absolute Gasteiger partial charge is 0.493 e. The van der Waals surface area contributed by atoms with Gasteiger partial charge >= 0.3 is 0 Å². The predicted molar refractivity (Wildman–Crippen MR) is 101 cm³/mol. The highest BCUT2D eigenvalue weighted by Gasteiger charge is 2.22. The first-order valence-corrected chi connectivity index (χ1v) is 9.15. The second-order valence-electron chi connectivity index (χ2n) is 6.90. The van der Waals surface area contributed by atoms with Crippen LogP contribution in [-0.4, -0.2) is 30.0 Å². The minimum absolute atomic E-state index is 0.0937. The number of fused-ring (bicyclic) bond motifs is 1. The van der Waals surface area contributed by atoms with Crippen molar-refractivity contribution in [3.63, 3.8) is 0 Å². The molecule has 1 aliphatic heterocycles. The fraction of sp³-hybridized carbons (Fsp3) is 0.476. The second kappa shape index (κ2) is 7.34. The Balaban J connectivity index is 1.96.